The van der Waals surface area contributed by atoms with Gasteiger partial charge in [0, 0.05) is 26.2 Å². The number of unbranched alkanes of at least 4 members (excludes halogenated alkanes) is 2. The van der Waals surface area contributed by atoms with E-state index in [0.717, 1.165) is 49.6 Å². The molecule has 0 aromatic carbocycles. The predicted octanol–water partition coefficient (Wildman–Crippen LogP) is 3.50. The first-order valence-electron chi connectivity index (χ1n) is 10.7. The molecular weight excluding hydrogens is 368 g/mol. The van der Waals surface area contributed by atoms with Gasteiger partial charge in [-0.15, -0.1) is 0 Å². The molecule has 1 atom stereocenters. The molecule has 0 saturated heterocycles. The predicted molar refractivity (Wildman–Crippen MR) is 114 cm³/mol. The van der Waals surface area contributed by atoms with Crippen LogP contribution in [0.1, 0.15) is 70.1 Å². The third-order valence-electron chi connectivity index (χ3n) is 5.18. The Hall–Kier alpha value is -2.31. The van der Waals surface area contributed by atoms with E-state index < -0.39 is 6.04 Å². The van der Waals surface area contributed by atoms with E-state index in [4.69, 9.17) is 4.74 Å². The lowest BCUT2D eigenvalue weighted by atomic mass is 10.0. The molecule has 29 heavy (non-hydrogen) atoms. The quantitative estimate of drug-likeness (QED) is 0.451. The number of carbonyl (C=O) groups excluding carboxylic acids is 2. The summed E-state index contributed by atoms with van der Waals surface area (Å²) in [6, 6.07) is -0.493. The summed E-state index contributed by atoms with van der Waals surface area (Å²) in [6.45, 7) is 10.00. The molecule has 1 aromatic heterocycles. The van der Waals surface area contributed by atoms with E-state index in [9.17, 15) is 9.59 Å². The normalized spacial score (nSPS) is 14.1. The monoisotopic (exact) mass is 404 g/mol. The molecule has 1 aliphatic rings. The molecule has 2 rings (SSSR count). The summed E-state index contributed by atoms with van der Waals surface area (Å²) >= 11 is 0. The van der Waals surface area contributed by atoms with Crippen LogP contribution < -0.4 is 0 Å². The van der Waals surface area contributed by atoms with E-state index in [1.54, 1.807) is 18.9 Å². The van der Waals surface area contributed by atoms with Gasteiger partial charge in [0.05, 0.1) is 24.5 Å². The highest BCUT2D eigenvalue weighted by Crippen LogP contribution is 2.18. The van der Waals surface area contributed by atoms with E-state index >= 15 is 0 Å². The van der Waals surface area contributed by atoms with Crippen LogP contribution in [0.25, 0.3) is 6.08 Å². The van der Waals surface area contributed by atoms with Crippen molar-refractivity contribution in [2.75, 3.05) is 20.2 Å². The first-order chi connectivity index (χ1) is 13.8. The number of likely N-dealkylation sites (N-methyl/N-ethyl adjacent to an activating group) is 1. The van der Waals surface area contributed by atoms with Gasteiger partial charge in [-0.2, -0.15) is 0 Å². The number of aromatic amines is 1. The number of H-pyrrole nitrogens is 1. The summed E-state index contributed by atoms with van der Waals surface area (Å²) in [5.74, 6) is 0.973. The molecule has 0 fully saturated rings. The van der Waals surface area contributed by atoms with E-state index in [1.807, 2.05) is 26.8 Å². The Kier molecular flexibility index (Phi) is 8.73. The Balaban J connectivity index is 1.70. The molecule has 1 aliphatic heterocycles. The van der Waals surface area contributed by atoms with Crippen molar-refractivity contribution in [2.45, 2.75) is 72.4 Å². The molecule has 1 amide bonds. The van der Waals surface area contributed by atoms with Gasteiger partial charge in [-0.3, -0.25) is 4.79 Å². The molecule has 1 N–H and O–H groups in total. The van der Waals surface area contributed by atoms with Gasteiger partial charge in [-0.05, 0) is 45.1 Å². The van der Waals surface area contributed by atoms with Crippen LogP contribution in [0.15, 0.2) is 6.20 Å². The highest BCUT2D eigenvalue weighted by molar-refractivity contribution is 5.84. The SMILES string of the molecule is CCOC(=O)[C@H](CC(C)C)N(C)C(=O)CCCCCN1C=Cc2nc(C)[nH]c2C1. The Bertz CT molecular complexity index is 711. The summed E-state index contributed by atoms with van der Waals surface area (Å²) in [4.78, 5) is 36.4. The summed E-state index contributed by atoms with van der Waals surface area (Å²) in [5, 5.41) is 0. The number of rotatable bonds is 11. The van der Waals surface area contributed by atoms with Crippen molar-refractivity contribution in [2.24, 2.45) is 5.92 Å². The number of hydrogen-bond acceptors (Lipinski definition) is 5. The standard InChI is InChI=1S/C22H36N4O3/c1-6-29-22(28)20(14-16(2)3)25(5)21(27)10-8-7-9-12-26-13-11-18-19(15-26)24-17(4)23-18/h11,13,16,20H,6-10,12,14-15H2,1-5H3,(H,23,24)/t20-/m0/s1. The minimum atomic E-state index is -0.493. The highest BCUT2D eigenvalue weighted by Gasteiger charge is 2.28. The maximum atomic E-state index is 12.6. The number of imidazole rings is 1. The average Bonchev–Trinajstić information content (AvgIpc) is 3.04. The van der Waals surface area contributed by atoms with Gasteiger partial charge >= 0.3 is 5.97 Å². The number of nitrogens with zero attached hydrogens (tertiary/aromatic N) is 3. The van der Waals surface area contributed by atoms with E-state index in [-0.39, 0.29) is 11.9 Å². The molecule has 0 unspecified atom stereocenters. The molecule has 0 spiro atoms. The zero-order valence-electron chi connectivity index (χ0n) is 18.5. The second kappa shape index (κ2) is 11.0. The number of fused-ring (bicyclic) bond motifs is 1. The largest absolute Gasteiger partial charge is 0.464 e. The van der Waals surface area contributed by atoms with Crippen molar-refractivity contribution in [1.29, 1.82) is 0 Å². The number of aromatic nitrogens is 2. The lowest BCUT2D eigenvalue weighted by Crippen LogP contribution is -2.44. The van der Waals surface area contributed by atoms with Crippen molar-refractivity contribution in [1.82, 2.24) is 19.8 Å². The van der Waals surface area contributed by atoms with Gasteiger partial charge in [0.25, 0.3) is 0 Å². The van der Waals surface area contributed by atoms with Crippen molar-refractivity contribution >= 4 is 18.0 Å². The number of amides is 1. The Labute approximate surface area is 174 Å². The zero-order valence-corrected chi connectivity index (χ0v) is 18.5. The smallest absolute Gasteiger partial charge is 0.328 e. The van der Waals surface area contributed by atoms with Gasteiger partial charge < -0.3 is 19.5 Å². The first-order valence-corrected chi connectivity index (χ1v) is 10.7. The van der Waals surface area contributed by atoms with Crippen molar-refractivity contribution in [3.8, 4) is 0 Å². The van der Waals surface area contributed by atoms with Gasteiger partial charge in [-0.25, -0.2) is 9.78 Å². The van der Waals surface area contributed by atoms with E-state index in [1.165, 1.54) is 0 Å². The molecule has 2 heterocycles. The van der Waals surface area contributed by atoms with Crippen molar-refractivity contribution in [3.63, 3.8) is 0 Å². The lowest BCUT2D eigenvalue weighted by Gasteiger charge is -2.28. The molecule has 7 heteroatoms. The molecular formula is C22H36N4O3. The fourth-order valence-corrected chi connectivity index (χ4v) is 3.62. The fourth-order valence-electron chi connectivity index (χ4n) is 3.62. The summed E-state index contributed by atoms with van der Waals surface area (Å²) in [6.07, 6.45) is 8.06. The van der Waals surface area contributed by atoms with Gasteiger partial charge in [0.15, 0.2) is 0 Å². The summed E-state index contributed by atoms with van der Waals surface area (Å²) in [7, 11) is 1.72. The number of carbonyl (C=O) groups is 2. The second-order valence-corrected chi connectivity index (χ2v) is 8.18. The number of nitrogens with one attached hydrogen (secondary N) is 1. The third-order valence-corrected chi connectivity index (χ3v) is 5.18. The number of aryl methyl sites for hydroxylation is 1. The van der Waals surface area contributed by atoms with Crippen LogP contribution in [-0.4, -0.2) is 57.9 Å². The van der Waals surface area contributed by atoms with Gasteiger partial charge in [-0.1, -0.05) is 20.3 Å². The zero-order chi connectivity index (χ0) is 21.4. The van der Waals surface area contributed by atoms with Crippen LogP contribution in [0.5, 0.6) is 0 Å². The van der Waals surface area contributed by atoms with Crippen LogP contribution in [0.4, 0.5) is 0 Å². The van der Waals surface area contributed by atoms with Crippen molar-refractivity contribution in [3.05, 3.63) is 23.4 Å². The second-order valence-electron chi connectivity index (χ2n) is 8.18. The van der Waals surface area contributed by atoms with Crippen molar-refractivity contribution < 1.29 is 14.3 Å². The molecule has 0 saturated carbocycles. The average molecular weight is 405 g/mol. The minimum absolute atomic E-state index is 0.0131. The van der Waals surface area contributed by atoms with Crippen LogP contribution >= 0.6 is 0 Å². The van der Waals surface area contributed by atoms with Crippen LogP contribution in [0.2, 0.25) is 0 Å². The lowest BCUT2D eigenvalue weighted by molar-refractivity contribution is -0.154. The summed E-state index contributed by atoms with van der Waals surface area (Å²) in [5.41, 5.74) is 2.20. The first kappa shape index (κ1) is 23.0. The van der Waals surface area contributed by atoms with Crippen LogP contribution in [0.3, 0.4) is 0 Å². The number of esters is 1. The number of ether oxygens (including phenoxy) is 1. The third kappa shape index (κ3) is 6.91. The summed E-state index contributed by atoms with van der Waals surface area (Å²) < 4.78 is 5.16. The van der Waals surface area contributed by atoms with E-state index in [0.29, 0.717) is 25.4 Å². The van der Waals surface area contributed by atoms with Crippen LogP contribution in [0, 0.1) is 12.8 Å². The van der Waals surface area contributed by atoms with E-state index in [2.05, 4.69) is 21.1 Å². The molecule has 1 aromatic rings. The van der Waals surface area contributed by atoms with Crippen LogP contribution in [-0.2, 0) is 20.9 Å². The Morgan fingerprint density at radius 3 is 2.76 bits per heavy atom. The molecule has 7 nitrogen and oxygen atoms in total. The molecule has 0 bridgehead atoms. The Morgan fingerprint density at radius 2 is 2.07 bits per heavy atom. The Morgan fingerprint density at radius 1 is 1.31 bits per heavy atom. The number of hydrogen-bond donors (Lipinski definition) is 1. The highest BCUT2D eigenvalue weighted by atomic mass is 16.5. The fraction of sp³-hybridized carbons (Fsp3) is 0.682. The van der Waals surface area contributed by atoms with Gasteiger partial charge in [0.2, 0.25) is 5.91 Å². The topological polar surface area (TPSA) is 78.5 Å². The molecule has 0 radical (unpaired) electrons. The maximum Gasteiger partial charge on any atom is 0.328 e. The molecule has 162 valence electrons. The maximum absolute atomic E-state index is 12.6. The van der Waals surface area contributed by atoms with Gasteiger partial charge in [0.1, 0.15) is 11.9 Å². The minimum Gasteiger partial charge on any atom is -0.464 e. The molecule has 0 aliphatic carbocycles.